The van der Waals surface area contributed by atoms with Crippen molar-refractivity contribution in [3.63, 3.8) is 0 Å². The van der Waals surface area contributed by atoms with Crippen molar-refractivity contribution >= 4 is 0 Å². The van der Waals surface area contributed by atoms with Crippen LogP contribution in [0.25, 0.3) is 11.5 Å². The maximum Gasteiger partial charge on any atom is 0.227 e. The molecule has 0 spiro atoms. The summed E-state index contributed by atoms with van der Waals surface area (Å²) in [4.78, 5) is 12.4. The van der Waals surface area contributed by atoms with Crippen LogP contribution in [0.15, 0.2) is 16.9 Å². The average Bonchev–Trinajstić information content (AvgIpc) is 2.94. The van der Waals surface area contributed by atoms with Gasteiger partial charge in [-0.15, -0.1) is 0 Å². The van der Waals surface area contributed by atoms with E-state index in [0.717, 1.165) is 19.3 Å². The lowest BCUT2D eigenvalue weighted by molar-refractivity contribution is 0.362. The predicted molar refractivity (Wildman–Crippen MR) is 73.0 cm³/mol. The molecule has 0 amide bonds. The standard InChI is InChI=1S/C13H19N5O2/c1-9(5-6-14)3-4-11-17-13(18-20-11)10-7-12(19-2)16-8-15-10/h7-9H,3-6,14H2,1-2H3. The number of ether oxygens (including phenoxy) is 1. The lowest BCUT2D eigenvalue weighted by Crippen LogP contribution is -2.06. The van der Waals surface area contributed by atoms with Crippen LogP contribution in [-0.2, 0) is 6.42 Å². The fourth-order valence-electron chi connectivity index (χ4n) is 1.83. The van der Waals surface area contributed by atoms with Crippen LogP contribution in [0.1, 0.15) is 25.7 Å². The quantitative estimate of drug-likeness (QED) is 0.817. The lowest BCUT2D eigenvalue weighted by atomic mass is 10.0. The van der Waals surface area contributed by atoms with Crippen molar-refractivity contribution in [3.05, 3.63) is 18.3 Å². The summed E-state index contributed by atoms with van der Waals surface area (Å²) in [6, 6.07) is 1.67. The Labute approximate surface area is 117 Å². The third-order valence-corrected chi connectivity index (χ3v) is 3.06. The van der Waals surface area contributed by atoms with E-state index in [1.807, 2.05) is 0 Å². The van der Waals surface area contributed by atoms with Gasteiger partial charge >= 0.3 is 0 Å². The minimum atomic E-state index is 0.451. The minimum Gasteiger partial charge on any atom is -0.481 e. The minimum absolute atomic E-state index is 0.451. The first kappa shape index (κ1) is 14.4. The van der Waals surface area contributed by atoms with Gasteiger partial charge in [-0.1, -0.05) is 12.1 Å². The molecule has 108 valence electrons. The lowest BCUT2D eigenvalue weighted by Gasteiger charge is -2.06. The van der Waals surface area contributed by atoms with Gasteiger partial charge in [0, 0.05) is 12.5 Å². The number of aryl methyl sites for hydroxylation is 1. The third kappa shape index (κ3) is 3.74. The first-order valence-electron chi connectivity index (χ1n) is 6.62. The fourth-order valence-corrected chi connectivity index (χ4v) is 1.83. The van der Waals surface area contributed by atoms with E-state index >= 15 is 0 Å². The van der Waals surface area contributed by atoms with Crippen LogP contribution in [0.5, 0.6) is 5.88 Å². The SMILES string of the molecule is COc1cc(-c2noc(CCC(C)CCN)n2)ncn1. The monoisotopic (exact) mass is 277 g/mol. The highest BCUT2D eigenvalue weighted by Gasteiger charge is 2.12. The Morgan fingerprint density at radius 3 is 2.95 bits per heavy atom. The summed E-state index contributed by atoms with van der Waals surface area (Å²) >= 11 is 0. The Balaban J connectivity index is 2.01. The van der Waals surface area contributed by atoms with Gasteiger partial charge in [-0.05, 0) is 25.3 Å². The van der Waals surface area contributed by atoms with Gasteiger partial charge in [0.15, 0.2) is 0 Å². The van der Waals surface area contributed by atoms with Crippen LogP contribution in [0.4, 0.5) is 0 Å². The Kier molecular flexibility index (Phi) is 5.00. The molecule has 0 fully saturated rings. The summed E-state index contributed by atoms with van der Waals surface area (Å²) in [6.07, 6.45) is 4.14. The maximum absolute atomic E-state index is 5.53. The van der Waals surface area contributed by atoms with Crippen LogP contribution in [-0.4, -0.2) is 33.8 Å². The molecule has 20 heavy (non-hydrogen) atoms. The number of hydrogen-bond donors (Lipinski definition) is 1. The molecule has 0 aromatic carbocycles. The Bertz CT molecular complexity index is 543. The number of rotatable bonds is 7. The number of nitrogens with two attached hydrogens (primary N) is 1. The molecular formula is C13H19N5O2. The summed E-state index contributed by atoms with van der Waals surface area (Å²) < 4.78 is 10.3. The van der Waals surface area contributed by atoms with E-state index in [2.05, 4.69) is 27.0 Å². The Hall–Kier alpha value is -2.02. The number of aromatic nitrogens is 4. The second kappa shape index (κ2) is 6.95. The van der Waals surface area contributed by atoms with Crippen LogP contribution in [0, 0.1) is 5.92 Å². The molecule has 7 heteroatoms. The van der Waals surface area contributed by atoms with Gasteiger partial charge < -0.3 is 15.0 Å². The Morgan fingerprint density at radius 1 is 1.35 bits per heavy atom. The van der Waals surface area contributed by atoms with Crippen LogP contribution >= 0.6 is 0 Å². The first-order valence-corrected chi connectivity index (χ1v) is 6.62. The van der Waals surface area contributed by atoms with Crippen molar-refractivity contribution < 1.29 is 9.26 Å². The van der Waals surface area contributed by atoms with E-state index in [1.165, 1.54) is 6.33 Å². The van der Waals surface area contributed by atoms with Gasteiger partial charge in [0.05, 0.1) is 7.11 Å². The maximum atomic E-state index is 5.53. The first-order chi connectivity index (χ1) is 9.72. The third-order valence-electron chi connectivity index (χ3n) is 3.06. The highest BCUT2D eigenvalue weighted by molar-refractivity contribution is 5.49. The highest BCUT2D eigenvalue weighted by Crippen LogP contribution is 2.18. The molecule has 2 aromatic rings. The fraction of sp³-hybridized carbons (Fsp3) is 0.538. The molecule has 1 atom stereocenters. The summed E-state index contributed by atoms with van der Waals surface area (Å²) in [6.45, 7) is 2.87. The summed E-state index contributed by atoms with van der Waals surface area (Å²) in [5, 5.41) is 3.93. The van der Waals surface area contributed by atoms with E-state index in [-0.39, 0.29) is 0 Å². The molecule has 2 aromatic heterocycles. The van der Waals surface area contributed by atoms with E-state index in [0.29, 0.717) is 35.8 Å². The van der Waals surface area contributed by atoms with Gasteiger partial charge in [0.2, 0.25) is 17.6 Å². The van der Waals surface area contributed by atoms with E-state index in [4.69, 9.17) is 15.0 Å². The van der Waals surface area contributed by atoms with Crippen LogP contribution in [0.2, 0.25) is 0 Å². The summed E-state index contributed by atoms with van der Waals surface area (Å²) in [7, 11) is 1.55. The molecule has 0 saturated carbocycles. The molecule has 0 bridgehead atoms. The van der Waals surface area contributed by atoms with Gasteiger partial charge in [-0.3, -0.25) is 0 Å². The molecular weight excluding hydrogens is 258 g/mol. The normalized spacial score (nSPS) is 12.3. The number of nitrogens with zero attached hydrogens (tertiary/aromatic N) is 4. The van der Waals surface area contributed by atoms with E-state index in [1.54, 1.807) is 13.2 Å². The molecule has 0 aliphatic rings. The molecule has 7 nitrogen and oxygen atoms in total. The zero-order valence-corrected chi connectivity index (χ0v) is 11.7. The Morgan fingerprint density at radius 2 is 2.20 bits per heavy atom. The van der Waals surface area contributed by atoms with Crippen molar-refractivity contribution in [3.8, 4) is 17.4 Å². The molecule has 0 radical (unpaired) electrons. The molecule has 2 rings (SSSR count). The summed E-state index contributed by atoms with van der Waals surface area (Å²) in [5.74, 6) is 2.08. The van der Waals surface area contributed by atoms with Gasteiger partial charge in [-0.2, -0.15) is 4.98 Å². The molecule has 1 unspecified atom stereocenters. The molecule has 0 aliphatic heterocycles. The van der Waals surface area contributed by atoms with E-state index < -0.39 is 0 Å². The highest BCUT2D eigenvalue weighted by atomic mass is 16.5. The molecule has 0 aliphatic carbocycles. The van der Waals surface area contributed by atoms with Gasteiger partial charge in [-0.25, -0.2) is 9.97 Å². The molecule has 2 N–H and O–H groups in total. The van der Waals surface area contributed by atoms with Crippen LogP contribution < -0.4 is 10.5 Å². The van der Waals surface area contributed by atoms with Gasteiger partial charge in [0.1, 0.15) is 12.0 Å². The average molecular weight is 277 g/mol. The van der Waals surface area contributed by atoms with Crippen LogP contribution in [0.3, 0.4) is 0 Å². The zero-order chi connectivity index (χ0) is 14.4. The van der Waals surface area contributed by atoms with Crippen molar-refractivity contribution in [2.45, 2.75) is 26.2 Å². The molecule has 0 saturated heterocycles. The van der Waals surface area contributed by atoms with Gasteiger partial charge in [0.25, 0.3) is 0 Å². The number of methoxy groups -OCH3 is 1. The second-order valence-corrected chi connectivity index (χ2v) is 4.68. The zero-order valence-electron chi connectivity index (χ0n) is 11.7. The van der Waals surface area contributed by atoms with E-state index in [9.17, 15) is 0 Å². The number of hydrogen-bond acceptors (Lipinski definition) is 7. The van der Waals surface area contributed by atoms with Crippen molar-refractivity contribution in [2.24, 2.45) is 11.7 Å². The topological polar surface area (TPSA) is 100.0 Å². The van der Waals surface area contributed by atoms with Crippen molar-refractivity contribution in [1.82, 2.24) is 20.1 Å². The van der Waals surface area contributed by atoms with Crippen molar-refractivity contribution in [1.29, 1.82) is 0 Å². The van der Waals surface area contributed by atoms with Crippen molar-refractivity contribution in [2.75, 3.05) is 13.7 Å². The second-order valence-electron chi connectivity index (χ2n) is 4.68. The predicted octanol–water partition coefficient (Wildman–Crippen LogP) is 1.45. The molecule has 2 heterocycles. The largest absolute Gasteiger partial charge is 0.481 e. The summed E-state index contributed by atoms with van der Waals surface area (Å²) in [5.41, 5.74) is 6.11. The smallest absolute Gasteiger partial charge is 0.227 e.